The van der Waals surface area contributed by atoms with Crippen LogP contribution in [0.2, 0.25) is 0 Å². The molecule has 3 heteroatoms. The molecular weight excluding hydrogens is 174 g/mol. The molecule has 82 valence electrons. The molecule has 0 bridgehead atoms. The van der Waals surface area contributed by atoms with E-state index >= 15 is 0 Å². The summed E-state index contributed by atoms with van der Waals surface area (Å²) in [6.45, 7) is 1.05. The molecule has 14 heavy (non-hydrogen) atoms. The molecule has 0 spiro atoms. The summed E-state index contributed by atoms with van der Waals surface area (Å²) in [6, 6.07) is 0. The first-order chi connectivity index (χ1) is 6.86. The summed E-state index contributed by atoms with van der Waals surface area (Å²) in [4.78, 5) is 4.08. The molecule has 0 radical (unpaired) electrons. The van der Waals surface area contributed by atoms with Crippen LogP contribution in [0.4, 0.5) is 0 Å². The van der Waals surface area contributed by atoms with Gasteiger partial charge in [-0.1, -0.05) is 32.1 Å². The fourth-order valence-electron chi connectivity index (χ4n) is 2.15. The average molecular weight is 197 g/mol. The number of hydrogen-bond donors (Lipinski definition) is 2. The molecule has 0 unspecified atom stereocenters. The SMILES string of the molecule is CN=C(NC)NCCC1CCCCC1. The van der Waals surface area contributed by atoms with E-state index in [0.717, 1.165) is 18.4 Å². The first kappa shape index (κ1) is 11.3. The average Bonchev–Trinajstić information content (AvgIpc) is 2.26. The summed E-state index contributed by atoms with van der Waals surface area (Å²) in [6.07, 6.45) is 8.47. The Bertz CT molecular complexity index is 171. The zero-order valence-corrected chi connectivity index (χ0v) is 9.47. The molecule has 1 aliphatic carbocycles. The van der Waals surface area contributed by atoms with Crippen LogP contribution in [0, 0.1) is 5.92 Å². The number of nitrogens with zero attached hydrogens (tertiary/aromatic N) is 1. The predicted octanol–water partition coefficient (Wildman–Crippen LogP) is 1.75. The highest BCUT2D eigenvalue weighted by molar-refractivity contribution is 5.79. The Balaban J connectivity index is 2.07. The Morgan fingerprint density at radius 3 is 2.57 bits per heavy atom. The summed E-state index contributed by atoms with van der Waals surface area (Å²) in [5.41, 5.74) is 0. The maximum absolute atomic E-state index is 4.08. The van der Waals surface area contributed by atoms with E-state index in [2.05, 4.69) is 15.6 Å². The third-order valence-electron chi connectivity index (χ3n) is 3.03. The molecule has 0 aromatic rings. The van der Waals surface area contributed by atoms with Crippen molar-refractivity contribution in [1.29, 1.82) is 0 Å². The number of aliphatic imine (C=N–C) groups is 1. The van der Waals surface area contributed by atoms with Crippen LogP contribution in [0.3, 0.4) is 0 Å². The van der Waals surface area contributed by atoms with Gasteiger partial charge in [0, 0.05) is 20.6 Å². The van der Waals surface area contributed by atoms with E-state index in [4.69, 9.17) is 0 Å². The van der Waals surface area contributed by atoms with Gasteiger partial charge in [0.2, 0.25) is 0 Å². The standard InChI is InChI=1S/C11H23N3/c1-12-11(13-2)14-9-8-10-6-4-3-5-7-10/h10H,3-9H2,1-2H3,(H2,12,13,14). The van der Waals surface area contributed by atoms with E-state index in [-0.39, 0.29) is 0 Å². The van der Waals surface area contributed by atoms with Crippen molar-refractivity contribution in [2.24, 2.45) is 10.9 Å². The zero-order valence-electron chi connectivity index (χ0n) is 9.47. The maximum Gasteiger partial charge on any atom is 0.190 e. The normalized spacial score (nSPS) is 19.4. The van der Waals surface area contributed by atoms with Crippen LogP contribution in [0.25, 0.3) is 0 Å². The topological polar surface area (TPSA) is 36.4 Å². The van der Waals surface area contributed by atoms with Crippen LogP contribution in [-0.4, -0.2) is 26.6 Å². The highest BCUT2D eigenvalue weighted by atomic mass is 15.1. The molecule has 1 aliphatic rings. The van der Waals surface area contributed by atoms with Crippen LogP contribution in [-0.2, 0) is 0 Å². The molecule has 1 fully saturated rings. The Kier molecular flexibility index (Phi) is 5.42. The van der Waals surface area contributed by atoms with Gasteiger partial charge in [-0.05, 0) is 12.3 Å². The van der Waals surface area contributed by atoms with Gasteiger partial charge < -0.3 is 10.6 Å². The molecular formula is C11H23N3. The van der Waals surface area contributed by atoms with E-state index in [1.807, 2.05) is 7.05 Å². The molecule has 0 amide bonds. The lowest BCUT2D eigenvalue weighted by Gasteiger charge is -2.21. The molecule has 3 nitrogen and oxygen atoms in total. The molecule has 1 saturated carbocycles. The summed E-state index contributed by atoms with van der Waals surface area (Å²) in [5.74, 6) is 1.85. The van der Waals surface area contributed by atoms with Gasteiger partial charge in [-0.25, -0.2) is 0 Å². The Morgan fingerprint density at radius 2 is 2.00 bits per heavy atom. The molecule has 0 aromatic carbocycles. The molecule has 0 saturated heterocycles. The third-order valence-corrected chi connectivity index (χ3v) is 3.03. The smallest absolute Gasteiger partial charge is 0.190 e. The van der Waals surface area contributed by atoms with Crippen LogP contribution in [0.1, 0.15) is 38.5 Å². The summed E-state index contributed by atoms with van der Waals surface area (Å²) >= 11 is 0. The fourth-order valence-corrected chi connectivity index (χ4v) is 2.15. The first-order valence-electron chi connectivity index (χ1n) is 5.75. The van der Waals surface area contributed by atoms with Gasteiger partial charge in [0.05, 0.1) is 0 Å². The van der Waals surface area contributed by atoms with Crippen LogP contribution < -0.4 is 10.6 Å². The van der Waals surface area contributed by atoms with Crippen molar-refractivity contribution in [1.82, 2.24) is 10.6 Å². The van der Waals surface area contributed by atoms with Gasteiger partial charge in [-0.15, -0.1) is 0 Å². The molecule has 2 N–H and O–H groups in total. The quantitative estimate of drug-likeness (QED) is 0.534. The molecule has 1 rings (SSSR count). The van der Waals surface area contributed by atoms with Crippen molar-refractivity contribution in [3.8, 4) is 0 Å². The number of rotatable bonds is 3. The van der Waals surface area contributed by atoms with E-state index in [0.29, 0.717) is 0 Å². The lowest BCUT2D eigenvalue weighted by molar-refractivity contribution is 0.339. The molecule has 0 aromatic heterocycles. The Morgan fingerprint density at radius 1 is 1.29 bits per heavy atom. The largest absolute Gasteiger partial charge is 0.359 e. The minimum atomic E-state index is 0.904. The number of nitrogens with one attached hydrogen (secondary N) is 2. The molecule has 0 aliphatic heterocycles. The van der Waals surface area contributed by atoms with Gasteiger partial charge in [-0.3, -0.25) is 4.99 Å². The first-order valence-corrected chi connectivity index (χ1v) is 5.75. The van der Waals surface area contributed by atoms with Gasteiger partial charge >= 0.3 is 0 Å². The van der Waals surface area contributed by atoms with Gasteiger partial charge in [0.25, 0.3) is 0 Å². The van der Waals surface area contributed by atoms with Crippen molar-refractivity contribution in [2.75, 3.05) is 20.6 Å². The second-order valence-electron chi connectivity index (χ2n) is 4.04. The second-order valence-corrected chi connectivity index (χ2v) is 4.04. The van der Waals surface area contributed by atoms with E-state index in [9.17, 15) is 0 Å². The summed E-state index contributed by atoms with van der Waals surface area (Å²) in [7, 11) is 3.70. The van der Waals surface area contributed by atoms with Crippen molar-refractivity contribution >= 4 is 5.96 Å². The summed E-state index contributed by atoms with van der Waals surface area (Å²) in [5, 5.41) is 6.33. The molecule has 0 heterocycles. The van der Waals surface area contributed by atoms with E-state index in [1.165, 1.54) is 38.5 Å². The van der Waals surface area contributed by atoms with E-state index < -0.39 is 0 Å². The lowest BCUT2D eigenvalue weighted by atomic mass is 9.87. The lowest BCUT2D eigenvalue weighted by Crippen LogP contribution is -2.35. The predicted molar refractivity (Wildman–Crippen MR) is 61.6 cm³/mol. The maximum atomic E-state index is 4.08. The highest BCUT2D eigenvalue weighted by Gasteiger charge is 2.12. The van der Waals surface area contributed by atoms with E-state index in [1.54, 1.807) is 7.05 Å². The minimum absolute atomic E-state index is 0.904. The van der Waals surface area contributed by atoms with Crippen molar-refractivity contribution in [3.63, 3.8) is 0 Å². The van der Waals surface area contributed by atoms with Crippen molar-refractivity contribution < 1.29 is 0 Å². The number of hydrogen-bond acceptors (Lipinski definition) is 1. The Labute approximate surface area is 87.4 Å². The van der Waals surface area contributed by atoms with Crippen LogP contribution >= 0.6 is 0 Å². The Hall–Kier alpha value is -0.730. The van der Waals surface area contributed by atoms with Crippen LogP contribution in [0.15, 0.2) is 4.99 Å². The minimum Gasteiger partial charge on any atom is -0.359 e. The van der Waals surface area contributed by atoms with Crippen LogP contribution in [0.5, 0.6) is 0 Å². The van der Waals surface area contributed by atoms with Gasteiger partial charge in [0.15, 0.2) is 5.96 Å². The van der Waals surface area contributed by atoms with Gasteiger partial charge in [-0.2, -0.15) is 0 Å². The monoisotopic (exact) mass is 197 g/mol. The van der Waals surface area contributed by atoms with Crippen molar-refractivity contribution in [2.45, 2.75) is 38.5 Å². The summed E-state index contributed by atoms with van der Waals surface area (Å²) < 4.78 is 0. The third kappa shape index (κ3) is 3.99. The fraction of sp³-hybridized carbons (Fsp3) is 0.909. The van der Waals surface area contributed by atoms with Gasteiger partial charge in [0.1, 0.15) is 0 Å². The second kappa shape index (κ2) is 6.68. The molecule has 0 atom stereocenters. The highest BCUT2D eigenvalue weighted by Crippen LogP contribution is 2.25. The number of guanidine groups is 1. The zero-order chi connectivity index (χ0) is 10.2. The van der Waals surface area contributed by atoms with Crippen molar-refractivity contribution in [3.05, 3.63) is 0 Å².